The lowest BCUT2D eigenvalue weighted by molar-refractivity contribution is -0.126. The summed E-state index contributed by atoms with van der Waals surface area (Å²) < 4.78 is 5.66. The second kappa shape index (κ2) is 8.39. The van der Waals surface area contributed by atoms with Crippen molar-refractivity contribution in [1.82, 2.24) is 10.2 Å². The van der Waals surface area contributed by atoms with Crippen molar-refractivity contribution in [3.63, 3.8) is 0 Å². The fourth-order valence-corrected chi connectivity index (χ4v) is 2.75. The maximum Gasteiger partial charge on any atom is 0.237 e. The zero-order valence-corrected chi connectivity index (χ0v) is 14.1. The average Bonchev–Trinajstić information content (AvgIpc) is 3.01. The van der Waals surface area contributed by atoms with Gasteiger partial charge in [-0.05, 0) is 51.1 Å². The molecule has 122 valence electrons. The molecule has 1 N–H and O–H groups in total. The summed E-state index contributed by atoms with van der Waals surface area (Å²) >= 11 is 5.83. The van der Waals surface area contributed by atoms with Crippen LogP contribution >= 0.6 is 11.6 Å². The minimum absolute atomic E-state index is 0.112. The number of carbonyl (C=O) groups is 1. The molecule has 0 bridgehead atoms. The van der Waals surface area contributed by atoms with Crippen LogP contribution in [0.25, 0.3) is 0 Å². The van der Waals surface area contributed by atoms with E-state index in [2.05, 4.69) is 5.32 Å². The van der Waals surface area contributed by atoms with Crippen molar-refractivity contribution in [3.05, 3.63) is 29.3 Å². The van der Waals surface area contributed by atoms with Gasteiger partial charge in [0.25, 0.3) is 0 Å². The van der Waals surface area contributed by atoms with Gasteiger partial charge in [0.05, 0.1) is 6.04 Å². The Labute approximate surface area is 137 Å². The van der Waals surface area contributed by atoms with Crippen LogP contribution in [0.5, 0.6) is 5.75 Å². The van der Waals surface area contributed by atoms with E-state index in [0.717, 1.165) is 18.6 Å². The van der Waals surface area contributed by atoms with E-state index in [1.165, 1.54) is 12.8 Å². The highest BCUT2D eigenvalue weighted by Gasteiger charge is 2.22. The summed E-state index contributed by atoms with van der Waals surface area (Å²) in [7, 11) is 1.95. The van der Waals surface area contributed by atoms with Crippen LogP contribution in [-0.2, 0) is 4.79 Å². The second-order valence-corrected chi connectivity index (χ2v) is 6.39. The van der Waals surface area contributed by atoms with E-state index in [1.54, 1.807) is 12.1 Å². The molecular formula is C17H25ClN2O2. The van der Waals surface area contributed by atoms with Crippen LogP contribution in [-0.4, -0.2) is 43.1 Å². The van der Waals surface area contributed by atoms with E-state index >= 15 is 0 Å². The van der Waals surface area contributed by atoms with E-state index < -0.39 is 0 Å². The summed E-state index contributed by atoms with van der Waals surface area (Å²) in [6, 6.07) is 7.52. The fraction of sp³-hybridized carbons (Fsp3) is 0.588. The second-order valence-electron chi connectivity index (χ2n) is 5.95. The van der Waals surface area contributed by atoms with E-state index in [1.807, 2.05) is 31.0 Å². The molecule has 0 heterocycles. The van der Waals surface area contributed by atoms with Crippen molar-refractivity contribution >= 4 is 17.5 Å². The first-order valence-corrected chi connectivity index (χ1v) is 8.33. The Morgan fingerprint density at radius 2 is 2.00 bits per heavy atom. The summed E-state index contributed by atoms with van der Waals surface area (Å²) in [5.41, 5.74) is 0. The van der Waals surface area contributed by atoms with E-state index in [4.69, 9.17) is 16.3 Å². The minimum atomic E-state index is -0.144. The molecule has 5 heteroatoms. The van der Waals surface area contributed by atoms with Gasteiger partial charge in [-0.3, -0.25) is 9.69 Å². The smallest absolute Gasteiger partial charge is 0.237 e. The molecule has 0 aromatic heterocycles. The zero-order valence-electron chi connectivity index (χ0n) is 13.3. The Balaban J connectivity index is 1.69. The van der Waals surface area contributed by atoms with Crippen molar-refractivity contribution in [2.24, 2.45) is 0 Å². The van der Waals surface area contributed by atoms with Gasteiger partial charge in [-0.15, -0.1) is 0 Å². The number of likely N-dealkylation sites (N-methyl/N-ethyl adjacent to an activating group) is 1. The number of benzene rings is 1. The van der Waals surface area contributed by atoms with Crippen LogP contribution in [0.15, 0.2) is 24.3 Å². The molecule has 1 aromatic rings. The van der Waals surface area contributed by atoms with Crippen molar-refractivity contribution in [2.75, 3.05) is 20.2 Å². The first-order valence-electron chi connectivity index (χ1n) is 7.95. The predicted octanol–water partition coefficient (Wildman–Crippen LogP) is 3.10. The third-order valence-corrected chi connectivity index (χ3v) is 4.52. The van der Waals surface area contributed by atoms with Gasteiger partial charge in [0.15, 0.2) is 0 Å². The number of hydrogen-bond acceptors (Lipinski definition) is 3. The molecule has 1 aliphatic carbocycles. The number of ether oxygens (including phenoxy) is 1. The van der Waals surface area contributed by atoms with Crippen molar-refractivity contribution in [2.45, 2.75) is 44.7 Å². The minimum Gasteiger partial charge on any atom is -0.492 e. The molecule has 2 rings (SSSR count). The quantitative estimate of drug-likeness (QED) is 0.838. The molecule has 0 unspecified atom stereocenters. The van der Waals surface area contributed by atoms with Crippen LogP contribution in [0.2, 0.25) is 5.02 Å². The monoisotopic (exact) mass is 324 g/mol. The fourth-order valence-electron chi connectivity index (χ4n) is 2.62. The van der Waals surface area contributed by atoms with Gasteiger partial charge >= 0.3 is 0 Å². The Bertz CT molecular complexity index is 472. The predicted molar refractivity (Wildman–Crippen MR) is 89.4 cm³/mol. The Morgan fingerprint density at radius 1 is 1.36 bits per heavy atom. The molecule has 1 aromatic carbocycles. The first-order chi connectivity index (χ1) is 10.6. The van der Waals surface area contributed by atoms with Crippen molar-refractivity contribution in [3.8, 4) is 5.75 Å². The molecule has 1 saturated carbocycles. The highest BCUT2D eigenvalue weighted by molar-refractivity contribution is 6.30. The van der Waals surface area contributed by atoms with Crippen molar-refractivity contribution < 1.29 is 9.53 Å². The summed E-state index contributed by atoms with van der Waals surface area (Å²) in [6.45, 7) is 3.17. The number of nitrogens with zero attached hydrogens (tertiary/aromatic N) is 1. The summed E-state index contributed by atoms with van der Waals surface area (Å²) in [5, 5.41) is 3.83. The normalized spacial score (nSPS) is 16.7. The lowest BCUT2D eigenvalue weighted by Crippen LogP contribution is -2.47. The maximum absolute atomic E-state index is 12.2. The number of nitrogens with one attached hydrogen (secondary N) is 1. The zero-order chi connectivity index (χ0) is 15.9. The van der Waals surface area contributed by atoms with Gasteiger partial charge < -0.3 is 10.1 Å². The van der Waals surface area contributed by atoms with E-state index in [-0.39, 0.29) is 11.9 Å². The van der Waals surface area contributed by atoms with E-state index in [0.29, 0.717) is 24.2 Å². The third-order valence-electron chi connectivity index (χ3n) is 4.27. The Morgan fingerprint density at radius 3 is 2.64 bits per heavy atom. The maximum atomic E-state index is 12.2. The Kier molecular flexibility index (Phi) is 6.52. The molecule has 1 amide bonds. The van der Waals surface area contributed by atoms with Crippen LogP contribution in [0, 0.1) is 0 Å². The molecule has 0 radical (unpaired) electrons. The molecule has 1 aliphatic rings. The largest absolute Gasteiger partial charge is 0.492 e. The van der Waals surface area contributed by atoms with E-state index in [9.17, 15) is 4.79 Å². The van der Waals surface area contributed by atoms with Gasteiger partial charge in [0.1, 0.15) is 12.4 Å². The van der Waals surface area contributed by atoms with Gasteiger partial charge in [0.2, 0.25) is 5.91 Å². The molecule has 0 aliphatic heterocycles. The van der Waals surface area contributed by atoms with Crippen LogP contribution < -0.4 is 10.1 Å². The average molecular weight is 325 g/mol. The first kappa shape index (κ1) is 17.1. The number of carbonyl (C=O) groups excluding carboxylic acids is 1. The van der Waals surface area contributed by atoms with Gasteiger partial charge in [-0.1, -0.05) is 24.4 Å². The standard InChI is InChI=1S/C17H25ClN2O2/c1-13(17(21)19-15-5-3-4-6-15)20(2)11-12-22-16-9-7-14(18)8-10-16/h7-10,13,15H,3-6,11-12H2,1-2H3,(H,19,21)/t13-/m1/s1. The molecule has 4 nitrogen and oxygen atoms in total. The summed E-state index contributed by atoms with van der Waals surface area (Å²) in [6.07, 6.45) is 4.68. The van der Waals surface area contributed by atoms with Crippen molar-refractivity contribution in [1.29, 1.82) is 0 Å². The lowest BCUT2D eigenvalue weighted by atomic mass is 10.2. The molecule has 1 atom stereocenters. The molecular weight excluding hydrogens is 300 g/mol. The Hall–Kier alpha value is -1.26. The van der Waals surface area contributed by atoms with Crippen LogP contribution in [0.4, 0.5) is 0 Å². The highest BCUT2D eigenvalue weighted by atomic mass is 35.5. The molecule has 1 fully saturated rings. The van der Waals surface area contributed by atoms with Gasteiger partial charge in [0, 0.05) is 17.6 Å². The summed E-state index contributed by atoms with van der Waals surface area (Å²) in [4.78, 5) is 14.2. The third kappa shape index (κ3) is 5.18. The van der Waals surface area contributed by atoms with Gasteiger partial charge in [-0.2, -0.15) is 0 Å². The number of hydrogen-bond donors (Lipinski definition) is 1. The number of halogens is 1. The molecule has 22 heavy (non-hydrogen) atoms. The number of rotatable bonds is 7. The highest BCUT2D eigenvalue weighted by Crippen LogP contribution is 2.18. The van der Waals surface area contributed by atoms with Gasteiger partial charge in [-0.25, -0.2) is 0 Å². The lowest BCUT2D eigenvalue weighted by Gasteiger charge is -2.25. The molecule has 0 spiro atoms. The summed E-state index contributed by atoms with van der Waals surface area (Å²) in [5.74, 6) is 0.904. The topological polar surface area (TPSA) is 41.6 Å². The van der Waals surface area contributed by atoms with Crippen LogP contribution in [0.3, 0.4) is 0 Å². The SMILES string of the molecule is C[C@H](C(=O)NC1CCCC1)N(C)CCOc1ccc(Cl)cc1. The molecule has 0 saturated heterocycles. The van der Waals surface area contributed by atoms with Crippen LogP contribution in [0.1, 0.15) is 32.6 Å². The number of amides is 1.